The van der Waals surface area contributed by atoms with Gasteiger partial charge in [-0.3, -0.25) is 14.4 Å². The van der Waals surface area contributed by atoms with E-state index in [9.17, 15) is 19.5 Å². The molecule has 7 nitrogen and oxygen atoms in total. The van der Waals surface area contributed by atoms with Gasteiger partial charge in [0.25, 0.3) is 5.91 Å². The lowest BCUT2D eigenvalue weighted by Crippen LogP contribution is -2.53. The smallest absolute Gasteiger partial charge is 0.251 e. The van der Waals surface area contributed by atoms with Crippen molar-refractivity contribution >= 4 is 18.2 Å². The summed E-state index contributed by atoms with van der Waals surface area (Å²) in [6.45, 7) is 5.73. The monoisotopic (exact) mass is 515 g/mol. The van der Waals surface area contributed by atoms with E-state index in [1.807, 2.05) is 93.6 Å². The van der Waals surface area contributed by atoms with Crippen LogP contribution in [-0.4, -0.2) is 47.1 Å². The van der Waals surface area contributed by atoms with Crippen LogP contribution < -0.4 is 16.0 Å². The largest absolute Gasteiger partial charge is 0.391 e. The molecule has 3 amide bonds. The first-order valence-electron chi connectivity index (χ1n) is 12.8. The van der Waals surface area contributed by atoms with Crippen LogP contribution in [0.4, 0.5) is 0 Å². The summed E-state index contributed by atoms with van der Waals surface area (Å²) in [7, 11) is 0. The summed E-state index contributed by atoms with van der Waals surface area (Å²) in [6.07, 6.45) is 0.380. The molecule has 0 unspecified atom stereocenters. The zero-order valence-corrected chi connectivity index (χ0v) is 22.2. The molecule has 0 saturated carbocycles. The van der Waals surface area contributed by atoms with E-state index in [2.05, 4.69) is 16.0 Å². The highest BCUT2D eigenvalue weighted by molar-refractivity contribution is 5.96. The summed E-state index contributed by atoms with van der Waals surface area (Å²) in [6, 6.07) is 24.7. The predicted molar refractivity (Wildman–Crippen MR) is 149 cm³/mol. The van der Waals surface area contributed by atoms with Gasteiger partial charge < -0.3 is 21.1 Å². The fourth-order valence-electron chi connectivity index (χ4n) is 4.29. The number of carbonyl (C=O) groups is 3. The van der Waals surface area contributed by atoms with Crippen molar-refractivity contribution in [3.63, 3.8) is 0 Å². The van der Waals surface area contributed by atoms with E-state index in [1.165, 1.54) is 0 Å². The second-order valence-corrected chi connectivity index (χ2v) is 10.5. The minimum atomic E-state index is -0.989. The topological polar surface area (TPSA) is 108 Å². The van der Waals surface area contributed by atoms with E-state index in [4.69, 9.17) is 0 Å². The molecule has 0 bridgehead atoms. The Morgan fingerprint density at radius 2 is 1.37 bits per heavy atom. The number of amides is 3. The van der Waals surface area contributed by atoms with Crippen LogP contribution in [0.2, 0.25) is 0 Å². The Morgan fingerprint density at radius 3 is 1.95 bits per heavy atom. The summed E-state index contributed by atoms with van der Waals surface area (Å²) < 4.78 is 0. The Labute approximate surface area is 224 Å². The van der Waals surface area contributed by atoms with Crippen molar-refractivity contribution in [3.05, 3.63) is 107 Å². The molecule has 3 rings (SSSR count). The van der Waals surface area contributed by atoms with E-state index in [0.717, 1.165) is 11.1 Å². The maximum atomic E-state index is 13.3. The molecule has 3 atom stereocenters. The van der Waals surface area contributed by atoms with Gasteiger partial charge in [-0.05, 0) is 49.9 Å². The summed E-state index contributed by atoms with van der Waals surface area (Å²) in [4.78, 5) is 37.5. The molecule has 4 N–H and O–H groups in total. The normalized spacial score (nSPS) is 13.6. The number of carbonyl (C=O) groups excluding carboxylic acids is 3. The number of hydrogen-bond acceptors (Lipinski definition) is 4. The summed E-state index contributed by atoms with van der Waals surface area (Å²) in [5.74, 6) is -0.609. The Hall–Kier alpha value is -3.97. The number of nitrogens with one attached hydrogen (secondary N) is 3. The molecule has 0 fully saturated rings. The van der Waals surface area contributed by atoms with Gasteiger partial charge in [-0.15, -0.1) is 0 Å². The van der Waals surface area contributed by atoms with E-state index in [0.29, 0.717) is 30.4 Å². The number of rotatable bonds is 12. The van der Waals surface area contributed by atoms with Crippen LogP contribution in [-0.2, 0) is 28.9 Å². The number of hydrogen-bond donors (Lipinski definition) is 4. The first kappa shape index (κ1) is 28.6. The maximum absolute atomic E-state index is 13.3. The molecule has 200 valence electrons. The standard InChI is InChI=1S/C31H37N3O4/c1-31(2,3)34-29(37)25-17-11-10-16-24(25)20-28(36)26(18-22-12-6-4-7-13-22)33-30(38)27(32-21-35)19-23-14-8-5-9-15-23/h4-17,21,26-28,36H,18-20H2,1-3H3,(H,32,35)(H,33,38)(H,34,37)/t26-,27-,28+/m0/s1. The molecular weight excluding hydrogens is 478 g/mol. The van der Waals surface area contributed by atoms with Gasteiger partial charge in [-0.1, -0.05) is 78.9 Å². The summed E-state index contributed by atoms with van der Waals surface area (Å²) in [5, 5.41) is 19.9. The van der Waals surface area contributed by atoms with Crippen LogP contribution in [0.15, 0.2) is 84.9 Å². The van der Waals surface area contributed by atoms with E-state index < -0.39 is 23.7 Å². The van der Waals surface area contributed by atoms with Crippen molar-refractivity contribution in [2.45, 2.75) is 63.8 Å². The average molecular weight is 516 g/mol. The molecule has 38 heavy (non-hydrogen) atoms. The quantitative estimate of drug-likeness (QED) is 0.278. The number of benzene rings is 3. The Balaban J connectivity index is 1.82. The highest BCUT2D eigenvalue weighted by Crippen LogP contribution is 2.17. The molecule has 0 saturated heterocycles. The summed E-state index contributed by atoms with van der Waals surface area (Å²) in [5.41, 5.74) is 2.60. The fraction of sp³-hybridized carbons (Fsp3) is 0.323. The molecule has 3 aromatic rings. The van der Waals surface area contributed by atoms with Crippen LogP contribution in [0.25, 0.3) is 0 Å². The highest BCUT2D eigenvalue weighted by atomic mass is 16.3. The second-order valence-electron chi connectivity index (χ2n) is 10.5. The molecule has 0 aliphatic rings. The number of aliphatic hydroxyl groups is 1. The molecule has 3 aromatic carbocycles. The molecular formula is C31H37N3O4. The molecule has 0 heterocycles. The maximum Gasteiger partial charge on any atom is 0.251 e. The van der Waals surface area contributed by atoms with Crippen molar-refractivity contribution in [1.82, 2.24) is 16.0 Å². The first-order chi connectivity index (χ1) is 18.2. The molecule has 0 radical (unpaired) electrons. The van der Waals surface area contributed by atoms with Crippen LogP contribution in [0.1, 0.15) is 47.8 Å². The van der Waals surface area contributed by atoms with Crippen molar-refractivity contribution in [2.24, 2.45) is 0 Å². The lowest BCUT2D eigenvalue weighted by atomic mass is 9.93. The summed E-state index contributed by atoms with van der Waals surface area (Å²) >= 11 is 0. The lowest BCUT2D eigenvalue weighted by Gasteiger charge is -2.28. The van der Waals surface area contributed by atoms with Gasteiger partial charge in [0, 0.05) is 23.9 Å². The van der Waals surface area contributed by atoms with Crippen LogP contribution in [0.3, 0.4) is 0 Å². The predicted octanol–water partition coefficient (Wildman–Crippen LogP) is 3.20. The van der Waals surface area contributed by atoms with Crippen LogP contribution >= 0.6 is 0 Å². The third-order valence-corrected chi connectivity index (χ3v) is 6.14. The van der Waals surface area contributed by atoms with E-state index in [1.54, 1.807) is 12.1 Å². The first-order valence-corrected chi connectivity index (χ1v) is 12.8. The Kier molecular flexibility index (Phi) is 10.2. The lowest BCUT2D eigenvalue weighted by molar-refractivity contribution is -0.126. The third-order valence-electron chi connectivity index (χ3n) is 6.14. The van der Waals surface area contributed by atoms with E-state index in [-0.39, 0.29) is 18.2 Å². The zero-order valence-electron chi connectivity index (χ0n) is 22.2. The van der Waals surface area contributed by atoms with Gasteiger partial charge in [-0.2, -0.15) is 0 Å². The molecule has 7 heteroatoms. The second kappa shape index (κ2) is 13.5. The molecule has 0 aromatic heterocycles. The van der Waals surface area contributed by atoms with Gasteiger partial charge in [-0.25, -0.2) is 0 Å². The molecule has 0 aliphatic carbocycles. The van der Waals surface area contributed by atoms with Gasteiger partial charge in [0.1, 0.15) is 6.04 Å². The Morgan fingerprint density at radius 1 is 0.816 bits per heavy atom. The molecule has 0 spiro atoms. The van der Waals surface area contributed by atoms with Crippen LogP contribution in [0, 0.1) is 0 Å². The Bertz CT molecular complexity index is 1190. The van der Waals surface area contributed by atoms with Gasteiger partial charge in [0.15, 0.2) is 0 Å². The van der Waals surface area contributed by atoms with Crippen molar-refractivity contribution in [2.75, 3.05) is 0 Å². The third kappa shape index (κ3) is 8.85. The van der Waals surface area contributed by atoms with Crippen molar-refractivity contribution in [3.8, 4) is 0 Å². The zero-order chi connectivity index (χ0) is 27.5. The van der Waals surface area contributed by atoms with Crippen molar-refractivity contribution in [1.29, 1.82) is 0 Å². The minimum absolute atomic E-state index is 0.163. The van der Waals surface area contributed by atoms with Gasteiger partial charge in [0.2, 0.25) is 12.3 Å². The number of aliphatic hydroxyl groups excluding tert-OH is 1. The van der Waals surface area contributed by atoms with Crippen LogP contribution in [0.5, 0.6) is 0 Å². The fourth-order valence-corrected chi connectivity index (χ4v) is 4.29. The van der Waals surface area contributed by atoms with Crippen molar-refractivity contribution < 1.29 is 19.5 Å². The average Bonchev–Trinajstić information content (AvgIpc) is 2.88. The van der Waals surface area contributed by atoms with Gasteiger partial charge in [0.05, 0.1) is 12.1 Å². The highest BCUT2D eigenvalue weighted by Gasteiger charge is 2.28. The minimum Gasteiger partial charge on any atom is -0.391 e. The molecule has 0 aliphatic heterocycles. The van der Waals surface area contributed by atoms with E-state index >= 15 is 0 Å². The SMILES string of the molecule is CC(C)(C)NC(=O)c1ccccc1C[C@@H](O)[C@H](Cc1ccccc1)NC(=O)[C@H](Cc1ccccc1)NC=O. The van der Waals surface area contributed by atoms with Gasteiger partial charge >= 0.3 is 0 Å².